The van der Waals surface area contributed by atoms with Crippen LogP contribution >= 0.6 is 11.6 Å². The van der Waals surface area contributed by atoms with Gasteiger partial charge in [0.1, 0.15) is 5.75 Å². The Morgan fingerprint density at radius 3 is 2.76 bits per heavy atom. The van der Waals surface area contributed by atoms with E-state index < -0.39 is 0 Å². The van der Waals surface area contributed by atoms with Crippen LogP contribution in [0.25, 0.3) is 0 Å². The molecule has 0 aliphatic carbocycles. The summed E-state index contributed by atoms with van der Waals surface area (Å²) in [5.74, 6) is 0.118. The Morgan fingerprint density at radius 1 is 1.29 bits per heavy atom. The van der Waals surface area contributed by atoms with Gasteiger partial charge in [0.25, 0.3) is 5.91 Å². The number of para-hydroxylation sites is 1. The van der Waals surface area contributed by atoms with Crippen molar-refractivity contribution in [2.24, 2.45) is 0 Å². The van der Waals surface area contributed by atoms with Crippen molar-refractivity contribution in [2.45, 2.75) is 6.61 Å². The minimum absolute atomic E-state index is 0.151. The van der Waals surface area contributed by atoms with E-state index in [1.165, 1.54) is 0 Å². The highest BCUT2D eigenvalue weighted by molar-refractivity contribution is 6.34. The maximum atomic E-state index is 11.8. The molecule has 0 aliphatic heterocycles. The van der Waals surface area contributed by atoms with Crippen LogP contribution in [-0.2, 0) is 11.4 Å². The second-order valence-corrected chi connectivity index (χ2v) is 4.75. The van der Waals surface area contributed by atoms with E-state index >= 15 is 0 Å². The summed E-state index contributed by atoms with van der Waals surface area (Å²) in [4.78, 5) is 11.8. The van der Waals surface area contributed by atoms with Crippen LogP contribution in [0.5, 0.6) is 5.75 Å². The first-order valence-electron chi connectivity index (χ1n) is 6.26. The van der Waals surface area contributed by atoms with Gasteiger partial charge in [0.05, 0.1) is 17.3 Å². The van der Waals surface area contributed by atoms with Gasteiger partial charge in [-0.1, -0.05) is 29.8 Å². The molecule has 0 fully saturated rings. The van der Waals surface area contributed by atoms with E-state index in [4.69, 9.17) is 22.1 Å². The van der Waals surface area contributed by atoms with Gasteiger partial charge in [0, 0.05) is 11.3 Å². The number of nitrogens with one attached hydrogen (secondary N) is 1. The number of rotatable bonds is 5. The molecule has 5 nitrogen and oxygen atoms in total. The van der Waals surface area contributed by atoms with E-state index in [1.807, 2.05) is 0 Å². The largest absolute Gasteiger partial charge is 0.483 e. The van der Waals surface area contributed by atoms with Crippen molar-refractivity contribution in [2.75, 3.05) is 17.7 Å². The van der Waals surface area contributed by atoms with Crippen LogP contribution in [0, 0.1) is 0 Å². The first-order valence-corrected chi connectivity index (χ1v) is 6.64. The number of carbonyl (C=O) groups is 1. The highest BCUT2D eigenvalue weighted by atomic mass is 35.5. The van der Waals surface area contributed by atoms with Crippen LogP contribution in [0.15, 0.2) is 42.5 Å². The normalized spacial score (nSPS) is 10.2. The Morgan fingerprint density at radius 2 is 2.05 bits per heavy atom. The van der Waals surface area contributed by atoms with Crippen molar-refractivity contribution in [1.82, 2.24) is 0 Å². The Kier molecular flexibility index (Phi) is 5.03. The number of amides is 1. The molecule has 110 valence electrons. The van der Waals surface area contributed by atoms with Crippen molar-refractivity contribution < 1.29 is 14.6 Å². The van der Waals surface area contributed by atoms with E-state index in [-0.39, 0.29) is 19.1 Å². The highest BCUT2D eigenvalue weighted by Crippen LogP contribution is 2.24. The molecule has 0 atom stereocenters. The number of anilines is 2. The number of nitrogens with two attached hydrogens (primary N) is 1. The van der Waals surface area contributed by atoms with Crippen molar-refractivity contribution in [3.63, 3.8) is 0 Å². The highest BCUT2D eigenvalue weighted by Gasteiger charge is 2.08. The molecule has 0 spiro atoms. The zero-order valence-corrected chi connectivity index (χ0v) is 11.9. The summed E-state index contributed by atoms with van der Waals surface area (Å²) in [5.41, 5.74) is 7.19. The van der Waals surface area contributed by atoms with Crippen molar-refractivity contribution >= 4 is 28.9 Å². The Hall–Kier alpha value is -2.24. The number of aliphatic hydroxyl groups is 1. The molecular formula is C15H15ClN2O3. The minimum atomic E-state index is -0.352. The van der Waals surface area contributed by atoms with Crippen LogP contribution in [0.3, 0.4) is 0 Å². The van der Waals surface area contributed by atoms with E-state index in [0.29, 0.717) is 27.7 Å². The second-order valence-electron chi connectivity index (χ2n) is 4.34. The lowest BCUT2D eigenvalue weighted by molar-refractivity contribution is -0.118. The monoisotopic (exact) mass is 306 g/mol. The van der Waals surface area contributed by atoms with Crippen molar-refractivity contribution in [1.29, 1.82) is 0 Å². The van der Waals surface area contributed by atoms with E-state index in [1.54, 1.807) is 42.5 Å². The average molecular weight is 307 g/mol. The van der Waals surface area contributed by atoms with Crippen LogP contribution < -0.4 is 15.8 Å². The second kappa shape index (κ2) is 6.97. The lowest BCUT2D eigenvalue weighted by Crippen LogP contribution is -2.20. The first kappa shape index (κ1) is 15.2. The quantitative estimate of drug-likeness (QED) is 0.741. The third-order valence-electron chi connectivity index (χ3n) is 2.77. The molecule has 0 aromatic heterocycles. The Bertz CT molecular complexity index is 647. The van der Waals surface area contributed by atoms with Crippen molar-refractivity contribution in [3.8, 4) is 5.75 Å². The maximum absolute atomic E-state index is 11.8. The predicted molar refractivity (Wildman–Crippen MR) is 82.4 cm³/mol. The maximum Gasteiger partial charge on any atom is 0.262 e. The van der Waals surface area contributed by atoms with Gasteiger partial charge < -0.3 is 20.9 Å². The third-order valence-corrected chi connectivity index (χ3v) is 3.08. The molecule has 2 rings (SSSR count). The molecule has 0 bridgehead atoms. The number of nitrogen functional groups attached to an aromatic ring is 1. The number of halogens is 1. The number of carbonyl (C=O) groups excluding carboxylic acids is 1. The topological polar surface area (TPSA) is 84.6 Å². The summed E-state index contributed by atoms with van der Waals surface area (Å²) in [5, 5.41) is 12.2. The molecule has 2 aromatic carbocycles. The third kappa shape index (κ3) is 4.11. The van der Waals surface area contributed by atoms with Gasteiger partial charge in [-0.2, -0.15) is 0 Å². The van der Waals surface area contributed by atoms with Crippen LogP contribution in [0.4, 0.5) is 11.4 Å². The van der Waals surface area contributed by atoms with Gasteiger partial charge in [0.15, 0.2) is 6.61 Å². The van der Waals surface area contributed by atoms with Gasteiger partial charge in [-0.25, -0.2) is 0 Å². The van der Waals surface area contributed by atoms with Crippen LogP contribution in [-0.4, -0.2) is 17.6 Å². The molecule has 0 heterocycles. The molecule has 2 aromatic rings. The number of ether oxygens (including phenoxy) is 1. The van der Waals surface area contributed by atoms with Crippen LogP contribution in [0.1, 0.15) is 5.56 Å². The fourth-order valence-corrected chi connectivity index (χ4v) is 1.97. The lowest BCUT2D eigenvalue weighted by atomic mass is 10.2. The summed E-state index contributed by atoms with van der Waals surface area (Å²) >= 11 is 5.97. The molecule has 0 radical (unpaired) electrons. The van der Waals surface area contributed by atoms with Gasteiger partial charge in [0.2, 0.25) is 0 Å². The fraction of sp³-hybridized carbons (Fsp3) is 0.133. The van der Waals surface area contributed by atoms with Crippen LogP contribution in [0.2, 0.25) is 5.02 Å². The van der Waals surface area contributed by atoms with E-state index in [9.17, 15) is 9.90 Å². The fourth-order valence-electron chi connectivity index (χ4n) is 1.74. The van der Waals surface area contributed by atoms with Gasteiger partial charge in [-0.15, -0.1) is 0 Å². The Labute approximate surface area is 127 Å². The van der Waals surface area contributed by atoms with E-state index in [2.05, 4.69) is 5.32 Å². The molecule has 0 unspecified atom stereocenters. The Balaban J connectivity index is 1.96. The summed E-state index contributed by atoms with van der Waals surface area (Å²) < 4.78 is 5.39. The predicted octanol–water partition coefficient (Wildman–Crippen LogP) is 2.43. The van der Waals surface area contributed by atoms with Crippen molar-refractivity contribution in [3.05, 3.63) is 53.1 Å². The molecule has 6 heteroatoms. The summed E-state index contributed by atoms with van der Waals surface area (Å²) in [7, 11) is 0. The summed E-state index contributed by atoms with van der Waals surface area (Å²) in [6.07, 6.45) is 0. The molecule has 21 heavy (non-hydrogen) atoms. The summed E-state index contributed by atoms with van der Waals surface area (Å²) in [6.45, 7) is -0.334. The van der Waals surface area contributed by atoms with Gasteiger partial charge >= 0.3 is 0 Å². The molecule has 0 saturated heterocycles. The smallest absolute Gasteiger partial charge is 0.262 e. The molecule has 1 amide bonds. The molecule has 4 N–H and O–H groups in total. The standard InChI is InChI=1S/C15H15ClN2O3/c16-12-7-11(17)5-6-13(12)18-15(20)9-21-14-4-2-1-3-10(14)8-19/h1-7,19H,8-9,17H2,(H,18,20). The number of benzene rings is 2. The van der Waals surface area contributed by atoms with Gasteiger partial charge in [-0.05, 0) is 24.3 Å². The molecular weight excluding hydrogens is 292 g/mol. The zero-order valence-electron chi connectivity index (χ0n) is 11.2. The summed E-state index contributed by atoms with van der Waals surface area (Å²) in [6, 6.07) is 11.8. The minimum Gasteiger partial charge on any atom is -0.483 e. The molecule has 0 aliphatic rings. The lowest BCUT2D eigenvalue weighted by Gasteiger charge is -2.11. The number of hydrogen-bond acceptors (Lipinski definition) is 4. The zero-order chi connectivity index (χ0) is 15.2. The molecule has 0 saturated carbocycles. The number of hydrogen-bond donors (Lipinski definition) is 3. The van der Waals surface area contributed by atoms with Gasteiger partial charge in [-0.3, -0.25) is 4.79 Å². The first-order chi connectivity index (χ1) is 10.1. The average Bonchev–Trinajstić information content (AvgIpc) is 2.48. The SMILES string of the molecule is Nc1ccc(NC(=O)COc2ccccc2CO)c(Cl)c1. The number of aliphatic hydroxyl groups excluding tert-OH is 1. The van der Waals surface area contributed by atoms with E-state index in [0.717, 1.165) is 0 Å².